The van der Waals surface area contributed by atoms with E-state index >= 15 is 0 Å². The van der Waals surface area contributed by atoms with Gasteiger partial charge in [-0.15, -0.1) is 0 Å². The fraction of sp³-hybridized carbons (Fsp3) is 0.400. The maximum atomic E-state index is 14.0. The Kier molecular flexibility index (Phi) is 5.04. The van der Waals surface area contributed by atoms with Crippen LogP contribution >= 0.6 is 27.5 Å². The lowest BCUT2D eigenvalue weighted by molar-refractivity contribution is -0.286. The van der Waals surface area contributed by atoms with E-state index in [4.69, 9.17) is 0 Å². The number of hydrogen-bond donors (Lipinski definition) is 0. The van der Waals surface area contributed by atoms with Crippen LogP contribution in [0.1, 0.15) is 5.56 Å². The number of alkyl halides is 9. The van der Waals surface area contributed by atoms with Crippen molar-refractivity contribution in [2.75, 3.05) is 0 Å². The molecule has 0 aliphatic heterocycles. The van der Waals surface area contributed by atoms with Gasteiger partial charge in [0.05, 0.1) is 0 Å². The van der Waals surface area contributed by atoms with Crippen LogP contribution in [0.2, 0.25) is 0 Å². The van der Waals surface area contributed by atoms with Gasteiger partial charge in [0.15, 0.2) is 0 Å². The highest BCUT2D eigenvalue weighted by Gasteiger charge is 2.72. The molecule has 1 nitrogen and oxygen atoms in total. The molecular weight excluding hydrogens is 403 g/mol. The predicted molar refractivity (Wildman–Crippen MR) is 60.4 cm³/mol. The minimum atomic E-state index is -6.10. The first-order valence-corrected chi connectivity index (χ1v) is 6.04. The maximum Gasteiger partial charge on any atom is 0.434 e. The third kappa shape index (κ3) is 3.71. The molecule has 0 saturated heterocycles. The molecule has 1 unspecified atom stereocenters. The molecule has 1 atom stereocenters. The highest BCUT2D eigenvalue weighted by Crippen LogP contribution is 2.55. The van der Waals surface area contributed by atoms with Crippen molar-refractivity contribution in [3.05, 3.63) is 28.2 Å². The molecule has 0 spiro atoms. The number of halogens is 10. The predicted octanol–water partition coefficient (Wildman–Crippen LogP) is 5.61. The molecule has 1 aromatic carbocycles. The van der Waals surface area contributed by atoms with Crippen LogP contribution in [0.15, 0.2) is 22.7 Å². The van der Waals surface area contributed by atoms with Gasteiger partial charge in [0.1, 0.15) is 5.75 Å². The zero-order valence-corrected chi connectivity index (χ0v) is 11.8. The Hall–Kier alpha value is -0.770. The van der Waals surface area contributed by atoms with E-state index in [-0.39, 0.29) is 10.5 Å². The Morgan fingerprint density at radius 1 is 1.00 bits per heavy atom. The summed E-state index contributed by atoms with van der Waals surface area (Å²) in [5.74, 6) is -0.943. The van der Waals surface area contributed by atoms with E-state index in [0.717, 1.165) is 6.07 Å². The Labute approximate surface area is 125 Å². The SMILES string of the molecule is FC(F)Oc1cc(Br)cc(C(F)(C(F)(F)F)C(F)(F)Cl)c1. The number of hydrogen-bond acceptors (Lipinski definition) is 1. The van der Waals surface area contributed by atoms with Crippen molar-refractivity contribution < 1.29 is 39.9 Å². The number of benzene rings is 1. The summed E-state index contributed by atoms with van der Waals surface area (Å²) in [6, 6.07) is 1.15. The van der Waals surface area contributed by atoms with Gasteiger partial charge in [-0.2, -0.15) is 30.7 Å². The molecule has 0 bridgehead atoms. The molecule has 0 N–H and O–H groups in total. The summed E-state index contributed by atoms with van der Waals surface area (Å²) < 4.78 is 105. The van der Waals surface area contributed by atoms with Gasteiger partial charge >= 0.3 is 23.8 Å². The largest absolute Gasteiger partial charge is 0.435 e. The normalized spacial score (nSPS) is 16.0. The summed E-state index contributed by atoms with van der Waals surface area (Å²) in [4.78, 5) is 0. The molecule has 120 valence electrons. The molecule has 0 aliphatic carbocycles. The van der Waals surface area contributed by atoms with E-state index in [1.54, 1.807) is 0 Å². The van der Waals surface area contributed by atoms with Gasteiger partial charge in [0.2, 0.25) is 0 Å². The lowest BCUT2D eigenvalue weighted by atomic mass is 9.95. The average Bonchev–Trinajstić information content (AvgIpc) is 2.22. The minimum Gasteiger partial charge on any atom is -0.435 e. The van der Waals surface area contributed by atoms with Crippen molar-refractivity contribution in [2.45, 2.75) is 23.8 Å². The monoisotopic (exact) mass is 406 g/mol. The highest BCUT2D eigenvalue weighted by molar-refractivity contribution is 9.10. The zero-order chi connectivity index (χ0) is 16.6. The van der Waals surface area contributed by atoms with Crippen molar-refractivity contribution in [2.24, 2.45) is 0 Å². The van der Waals surface area contributed by atoms with E-state index in [1.165, 1.54) is 0 Å². The molecule has 0 aromatic heterocycles. The van der Waals surface area contributed by atoms with Crippen LogP contribution in [0.4, 0.5) is 35.1 Å². The summed E-state index contributed by atoms with van der Waals surface area (Å²) in [7, 11) is 0. The fourth-order valence-electron chi connectivity index (χ4n) is 1.42. The third-order valence-electron chi connectivity index (χ3n) is 2.28. The highest BCUT2D eigenvalue weighted by atomic mass is 79.9. The van der Waals surface area contributed by atoms with Crippen molar-refractivity contribution in [1.82, 2.24) is 0 Å². The van der Waals surface area contributed by atoms with Crippen molar-refractivity contribution in [3.63, 3.8) is 0 Å². The van der Waals surface area contributed by atoms with E-state index in [2.05, 4.69) is 32.3 Å². The second kappa shape index (κ2) is 5.79. The Morgan fingerprint density at radius 3 is 1.90 bits per heavy atom. The second-order valence-corrected chi connectivity index (χ2v) is 5.10. The maximum absolute atomic E-state index is 14.0. The standard InChI is InChI=1S/C10H4BrClF8O/c11-5-1-4(2-6(3-5)21-7(13)14)8(15,9(12,16)17)10(18,19)20/h1-3,7H. The molecule has 0 saturated carbocycles. The van der Waals surface area contributed by atoms with E-state index in [0.29, 0.717) is 6.07 Å². The van der Waals surface area contributed by atoms with Crippen LogP contribution in [0.3, 0.4) is 0 Å². The molecule has 0 heterocycles. The first-order chi connectivity index (χ1) is 9.29. The third-order valence-corrected chi connectivity index (χ3v) is 2.99. The van der Waals surface area contributed by atoms with E-state index < -0.39 is 35.2 Å². The molecule has 0 fully saturated rings. The molecule has 1 rings (SSSR count). The summed E-state index contributed by atoms with van der Waals surface area (Å²) in [6.07, 6.45) is -6.10. The molecule has 0 aliphatic rings. The topological polar surface area (TPSA) is 9.23 Å². The molecule has 21 heavy (non-hydrogen) atoms. The van der Waals surface area contributed by atoms with Gasteiger partial charge in [0.25, 0.3) is 0 Å². The number of rotatable bonds is 4. The smallest absolute Gasteiger partial charge is 0.434 e. The van der Waals surface area contributed by atoms with Crippen LogP contribution in [0, 0.1) is 0 Å². The van der Waals surface area contributed by atoms with Crippen molar-refractivity contribution >= 4 is 27.5 Å². The van der Waals surface area contributed by atoms with Crippen LogP contribution in [-0.4, -0.2) is 18.2 Å². The second-order valence-electron chi connectivity index (χ2n) is 3.71. The summed E-state index contributed by atoms with van der Waals surface area (Å²) in [5.41, 5.74) is -6.97. The molecular formula is C10H4BrClF8O. The van der Waals surface area contributed by atoms with Gasteiger partial charge in [-0.25, -0.2) is 4.39 Å². The van der Waals surface area contributed by atoms with Crippen LogP contribution in [0.5, 0.6) is 5.75 Å². The lowest BCUT2D eigenvalue weighted by Crippen LogP contribution is -2.49. The van der Waals surface area contributed by atoms with Gasteiger partial charge in [0, 0.05) is 10.0 Å². The van der Waals surface area contributed by atoms with Crippen LogP contribution < -0.4 is 4.74 Å². The molecule has 0 amide bonds. The van der Waals surface area contributed by atoms with Gasteiger partial charge in [-0.3, -0.25) is 0 Å². The quantitative estimate of drug-likeness (QED) is 0.466. The minimum absolute atomic E-state index is 0.0701. The van der Waals surface area contributed by atoms with Crippen molar-refractivity contribution in [1.29, 1.82) is 0 Å². The van der Waals surface area contributed by atoms with Crippen molar-refractivity contribution in [3.8, 4) is 5.75 Å². The van der Waals surface area contributed by atoms with Crippen LogP contribution in [0.25, 0.3) is 0 Å². The van der Waals surface area contributed by atoms with E-state index in [1.807, 2.05) is 0 Å². The first-order valence-electron chi connectivity index (χ1n) is 4.87. The van der Waals surface area contributed by atoms with Gasteiger partial charge in [-0.1, -0.05) is 15.9 Å². The summed E-state index contributed by atoms with van der Waals surface area (Å²) >= 11 is 6.82. The Morgan fingerprint density at radius 2 is 1.52 bits per heavy atom. The average molecular weight is 407 g/mol. The molecule has 11 heteroatoms. The van der Waals surface area contributed by atoms with E-state index in [9.17, 15) is 35.1 Å². The van der Waals surface area contributed by atoms with Crippen LogP contribution in [-0.2, 0) is 5.67 Å². The summed E-state index contributed by atoms with van der Waals surface area (Å²) in [6.45, 7) is -3.44. The Balaban J connectivity index is 3.50. The molecule has 0 radical (unpaired) electrons. The zero-order valence-electron chi connectivity index (χ0n) is 9.50. The fourth-order valence-corrected chi connectivity index (χ4v) is 2.11. The molecule has 1 aromatic rings. The first kappa shape index (κ1) is 18.3. The van der Waals surface area contributed by atoms with Gasteiger partial charge < -0.3 is 4.74 Å². The Bertz CT molecular complexity index is 499. The van der Waals surface area contributed by atoms with Gasteiger partial charge in [-0.05, 0) is 29.8 Å². The number of ether oxygens (including phenoxy) is 1. The summed E-state index contributed by atoms with van der Waals surface area (Å²) in [5, 5.41) is -5.37. The lowest BCUT2D eigenvalue weighted by Gasteiger charge is -2.31.